The third kappa shape index (κ3) is 2.62. The van der Waals surface area contributed by atoms with Gasteiger partial charge < -0.3 is 15.4 Å². The Kier molecular flexibility index (Phi) is 3.71. The van der Waals surface area contributed by atoms with Crippen LogP contribution in [0, 0.1) is 0 Å². The average molecular weight is 235 g/mol. The van der Waals surface area contributed by atoms with Crippen LogP contribution in [0.4, 0.5) is 11.5 Å². The van der Waals surface area contributed by atoms with Gasteiger partial charge in [0.1, 0.15) is 0 Å². The van der Waals surface area contributed by atoms with E-state index < -0.39 is 0 Å². The lowest BCUT2D eigenvalue weighted by Gasteiger charge is -2.32. The van der Waals surface area contributed by atoms with Gasteiger partial charge in [0.2, 0.25) is 5.88 Å². The van der Waals surface area contributed by atoms with Crippen LogP contribution in [0.25, 0.3) is 0 Å². The minimum atomic E-state index is 0.561. The molecule has 1 heterocycles. The minimum absolute atomic E-state index is 0.561. The summed E-state index contributed by atoms with van der Waals surface area (Å²) in [6.45, 7) is 0. The van der Waals surface area contributed by atoms with Crippen LogP contribution < -0.4 is 15.4 Å². The summed E-state index contributed by atoms with van der Waals surface area (Å²) < 4.78 is 5.15. The molecule has 1 aromatic heterocycles. The number of rotatable bonds is 3. The zero-order valence-electron chi connectivity index (χ0n) is 10.6. The number of hydrogen-bond donors (Lipinski definition) is 1. The van der Waals surface area contributed by atoms with E-state index in [4.69, 9.17) is 10.5 Å². The first-order valence-electron chi connectivity index (χ1n) is 6.25. The standard InChI is InChI=1S/C13H21N3O/c1-16(10-6-4-3-5-7-10)13-11(14)8-9-12(15-13)17-2/h8-10H,3-7,14H2,1-2H3. The third-order valence-corrected chi connectivity index (χ3v) is 3.55. The molecule has 0 unspecified atom stereocenters. The highest BCUT2D eigenvalue weighted by Gasteiger charge is 2.20. The molecule has 0 aromatic carbocycles. The van der Waals surface area contributed by atoms with E-state index in [-0.39, 0.29) is 0 Å². The molecule has 0 aliphatic heterocycles. The van der Waals surface area contributed by atoms with Gasteiger partial charge in [0.05, 0.1) is 12.8 Å². The first-order valence-corrected chi connectivity index (χ1v) is 6.25. The van der Waals surface area contributed by atoms with Crippen LogP contribution in [-0.4, -0.2) is 25.2 Å². The van der Waals surface area contributed by atoms with Crippen molar-refractivity contribution >= 4 is 11.5 Å². The smallest absolute Gasteiger partial charge is 0.215 e. The summed E-state index contributed by atoms with van der Waals surface area (Å²) in [5.74, 6) is 1.47. The summed E-state index contributed by atoms with van der Waals surface area (Å²) in [6, 6.07) is 4.22. The van der Waals surface area contributed by atoms with Gasteiger partial charge in [-0.05, 0) is 18.9 Å². The molecule has 0 bridgehead atoms. The minimum Gasteiger partial charge on any atom is -0.481 e. The molecule has 0 saturated heterocycles. The predicted molar refractivity (Wildman–Crippen MR) is 70.5 cm³/mol. The highest BCUT2D eigenvalue weighted by Crippen LogP contribution is 2.29. The first-order chi connectivity index (χ1) is 8.22. The van der Waals surface area contributed by atoms with E-state index in [0.29, 0.717) is 11.9 Å². The molecular formula is C13H21N3O. The van der Waals surface area contributed by atoms with Gasteiger partial charge in [0.15, 0.2) is 5.82 Å². The average Bonchev–Trinajstić information content (AvgIpc) is 2.39. The molecule has 94 valence electrons. The maximum absolute atomic E-state index is 5.99. The maximum Gasteiger partial charge on any atom is 0.215 e. The van der Waals surface area contributed by atoms with Crippen molar-refractivity contribution in [1.29, 1.82) is 0 Å². The molecule has 4 nitrogen and oxygen atoms in total. The van der Waals surface area contributed by atoms with E-state index in [1.54, 1.807) is 13.2 Å². The number of methoxy groups -OCH3 is 1. The zero-order chi connectivity index (χ0) is 12.3. The number of anilines is 2. The molecule has 1 aliphatic carbocycles. The molecular weight excluding hydrogens is 214 g/mol. The Balaban J connectivity index is 2.19. The Labute approximate surface area is 103 Å². The van der Waals surface area contributed by atoms with Crippen molar-refractivity contribution in [2.24, 2.45) is 0 Å². The molecule has 1 aliphatic rings. The van der Waals surface area contributed by atoms with Crippen LogP contribution in [0.1, 0.15) is 32.1 Å². The number of nitrogen functional groups attached to an aromatic ring is 1. The van der Waals surface area contributed by atoms with Crippen LogP contribution in [0.15, 0.2) is 12.1 Å². The molecule has 1 saturated carbocycles. The molecule has 1 fully saturated rings. The fraction of sp³-hybridized carbons (Fsp3) is 0.615. The molecule has 0 atom stereocenters. The van der Waals surface area contributed by atoms with Crippen molar-refractivity contribution in [3.63, 3.8) is 0 Å². The predicted octanol–water partition coefficient (Wildman–Crippen LogP) is 2.44. The monoisotopic (exact) mass is 235 g/mol. The van der Waals surface area contributed by atoms with Crippen LogP contribution >= 0.6 is 0 Å². The van der Waals surface area contributed by atoms with Crippen molar-refractivity contribution in [3.05, 3.63) is 12.1 Å². The molecule has 0 radical (unpaired) electrons. The highest BCUT2D eigenvalue weighted by atomic mass is 16.5. The normalized spacial score (nSPS) is 16.8. The van der Waals surface area contributed by atoms with E-state index in [1.807, 2.05) is 6.07 Å². The van der Waals surface area contributed by atoms with Gasteiger partial charge in [-0.25, -0.2) is 0 Å². The Hall–Kier alpha value is -1.45. The lowest BCUT2D eigenvalue weighted by molar-refractivity contribution is 0.395. The largest absolute Gasteiger partial charge is 0.481 e. The summed E-state index contributed by atoms with van der Waals surface area (Å²) in [7, 11) is 3.71. The van der Waals surface area contributed by atoms with Gasteiger partial charge in [-0.15, -0.1) is 0 Å². The van der Waals surface area contributed by atoms with Gasteiger partial charge in [0, 0.05) is 19.2 Å². The summed E-state index contributed by atoms with van der Waals surface area (Å²) in [6.07, 6.45) is 6.42. The Bertz CT molecular complexity index is 375. The van der Waals surface area contributed by atoms with Crippen LogP contribution in [0.2, 0.25) is 0 Å². The summed E-state index contributed by atoms with van der Waals surface area (Å²) in [5.41, 5.74) is 6.71. The van der Waals surface area contributed by atoms with Gasteiger partial charge in [-0.2, -0.15) is 4.98 Å². The summed E-state index contributed by atoms with van der Waals surface area (Å²) in [5, 5.41) is 0. The fourth-order valence-corrected chi connectivity index (χ4v) is 2.48. The second-order valence-corrected chi connectivity index (χ2v) is 4.67. The molecule has 17 heavy (non-hydrogen) atoms. The topological polar surface area (TPSA) is 51.4 Å². The van der Waals surface area contributed by atoms with Crippen LogP contribution in [-0.2, 0) is 0 Å². The molecule has 0 spiro atoms. The van der Waals surface area contributed by atoms with Gasteiger partial charge in [0.25, 0.3) is 0 Å². The van der Waals surface area contributed by atoms with E-state index in [2.05, 4.69) is 16.9 Å². The Morgan fingerprint density at radius 1 is 1.29 bits per heavy atom. The maximum atomic E-state index is 5.99. The summed E-state index contributed by atoms with van der Waals surface area (Å²) >= 11 is 0. The van der Waals surface area contributed by atoms with Gasteiger partial charge in [-0.1, -0.05) is 19.3 Å². The number of pyridine rings is 1. The Morgan fingerprint density at radius 3 is 2.65 bits per heavy atom. The van der Waals surface area contributed by atoms with Crippen molar-refractivity contribution < 1.29 is 4.74 Å². The number of aromatic nitrogens is 1. The summed E-state index contributed by atoms with van der Waals surface area (Å²) in [4.78, 5) is 6.65. The lowest BCUT2D eigenvalue weighted by atomic mass is 9.94. The SMILES string of the molecule is COc1ccc(N)c(N(C)C2CCCCC2)n1. The van der Waals surface area contributed by atoms with E-state index in [1.165, 1.54) is 32.1 Å². The second-order valence-electron chi connectivity index (χ2n) is 4.67. The van der Waals surface area contributed by atoms with E-state index in [9.17, 15) is 0 Å². The number of nitrogens with zero attached hydrogens (tertiary/aromatic N) is 2. The third-order valence-electron chi connectivity index (χ3n) is 3.55. The molecule has 0 amide bonds. The van der Waals surface area contributed by atoms with Crippen molar-refractivity contribution in [2.75, 3.05) is 24.8 Å². The highest BCUT2D eigenvalue weighted by molar-refractivity contribution is 5.63. The van der Waals surface area contributed by atoms with Crippen LogP contribution in [0.3, 0.4) is 0 Å². The van der Waals surface area contributed by atoms with Crippen molar-refractivity contribution in [1.82, 2.24) is 4.98 Å². The van der Waals surface area contributed by atoms with Gasteiger partial charge in [-0.3, -0.25) is 0 Å². The van der Waals surface area contributed by atoms with E-state index in [0.717, 1.165) is 11.5 Å². The lowest BCUT2D eigenvalue weighted by Crippen LogP contribution is -2.34. The number of ether oxygens (including phenoxy) is 1. The van der Waals surface area contributed by atoms with E-state index >= 15 is 0 Å². The number of hydrogen-bond acceptors (Lipinski definition) is 4. The van der Waals surface area contributed by atoms with Crippen molar-refractivity contribution in [3.8, 4) is 5.88 Å². The molecule has 2 rings (SSSR count). The zero-order valence-corrected chi connectivity index (χ0v) is 10.6. The van der Waals surface area contributed by atoms with Gasteiger partial charge >= 0.3 is 0 Å². The van der Waals surface area contributed by atoms with Crippen molar-refractivity contribution in [2.45, 2.75) is 38.1 Å². The first kappa shape index (κ1) is 12.0. The molecule has 4 heteroatoms. The molecule has 1 aromatic rings. The van der Waals surface area contributed by atoms with Crippen LogP contribution in [0.5, 0.6) is 5.88 Å². The fourth-order valence-electron chi connectivity index (χ4n) is 2.48. The Morgan fingerprint density at radius 2 is 2.00 bits per heavy atom. The molecule has 2 N–H and O–H groups in total. The quantitative estimate of drug-likeness (QED) is 0.874. The second kappa shape index (κ2) is 5.25. The number of nitrogens with two attached hydrogens (primary N) is 1.